The minimum Gasteiger partial charge on any atom is -0.383 e. The Labute approximate surface area is 147 Å². The van der Waals surface area contributed by atoms with Gasteiger partial charge in [0.1, 0.15) is 5.82 Å². The molecule has 0 spiro atoms. The zero-order chi connectivity index (χ0) is 18.4. The molecule has 0 aliphatic heterocycles. The molecule has 1 aromatic heterocycles. The molecule has 2 rings (SSSR count). The van der Waals surface area contributed by atoms with Gasteiger partial charge in [0.15, 0.2) is 5.69 Å². The second-order valence-corrected chi connectivity index (χ2v) is 6.51. The Hall–Kier alpha value is -2.31. The lowest BCUT2D eigenvalue weighted by atomic mass is 10.0. The van der Waals surface area contributed by atoms with E-state index in [9.17, 15) is 14.4 Å². The van der Waals surface area contributed by atoms with Crippen LogP contribution in [-0.4, -0.2) is 22.0 Å². The second kappa shape index (κ2) is 8.69. The first-order valence-electron chi connectivity index (χ1n) is 9.09. The Morgan fingerprint density at radius 1 is 1.36 bits per heavy atom. The number of nitrogens with one attached hydrogen (secondary N) is 1. The molecule has 0 radical (unpaired) electrons. The number of carbonyl (C=O) groups excluding carboxylic acids is 1. The largest absolute Gasteiger partial charge is 0.383 e. The number of hydrogen-bond donors (Lipinski definition) is 2. The van der Waals surface area contributed by atoms with E-state index >= 15 is 0 Å². The molecule has 7 nitrogen and oxygen atoms in total. The molecule has 0 saturated carbocycles. The molecule has 7 heteroatoms. The number of aromatic amines is 1. The van der Waals surface area contributed by atoms with Crippen LogP contribution >= 0.6 is 0 Å². The number of nitrogen functional groups attached to an aromatic ring is 1. The molecule has 1 unspecified atom stereocenters. The van der Waals surface area contributed by atoms with Gasteiger partial charge in [0.05, 0.1) is 0 Å². The third kappa shape index (κ3) is 4.41. The van der Waals surface area contributed by atoms with Crippen molar-refractivity contribution in [3.05, 3.63) is 33.0 Å². The molecule has 138 valence electrons. The molecule has 0 aromatic carbocycles. The van der Waals surface area contributed by atoms with E-state index in [0.29, 0.717) is 25.9 Å². The van der Waals surface area contributed by atoms with Gasteiger partial charge in [-0.05, 0) is 31.6 Å². The summed E-state index contributed by atoms with van der Waals surface area (Å²) in [5.41, 5.74) is 5.12. The number of anilines is 2. The number of aromatic nitrogens is 2. The van der Waals surface area contributed by atoms with Gasteiger partial charge in [-0.3, -0.25) is 19.1 Å². The number of unbranched alkanes of at least 4 members (excludes halogenated alkanes) is 1. The SMILES string of the molecule is CCCCn1c(N)c(N(CCC)C(=O)CC2C=CCC2)c(=O)[nH]c1=O. The molecule has 3 N–H and O–H groups in total. The average Bonchev–Trinajstić information content (AvgIpc) is 3.06. The summed E-state index contributed by atoms with van der Waals surface area (Å²) in [5, 5.41) is 0. The lowest BCUT2D eigenvalue weighted by molar-refractivity contribution is -0.119. The molecular formula is C18H28N4O3. The van der Waals surface area contributed by atoms with Crippen LogP contribution in [0.3, 0.4) is 0 Å². The summed E-state index contributed by atoms with van der Waals surface area (Å²) in [4.78, 5) is 41.0. The molecule has 0 fully saturated rings. The van der Waals surface area contributed by atoms with Crippen LogP contribution in [0.1, 0.15) is 52.4 Å². The number of rotatable bonds is 8. The van der Waals surface area contributed by atoms with Gasteiger partial charge in [0, 0.05) is 19.5 Å². The number of nitrogens with zero attached hydrogens (tertiary/aromatic N) is 2. The van der Waals surface area contributed by atoms with E-state index in [1.54, 1.807) is 0 Å². The molecule has 0 saturated heterocycles. The van der Waals surface area contributed by atoms with Crippen molar-refractivity contribution < 1.29 is 4.79 Å². The van der Waals surface area contributed by atoms with Crippen LogP contribution in [0, 0.1) is 5.92 Å². The van der Waals surface area contributed by atoms with Crippen LogP contribution in [0.5, 0.6) is 0 Å². The smallest absolute Gasteiger partial charge is 0.330 e. The van der Waals surface area contributed by atoms with E-state index in [1.165, 1.54) is 9.47 Å². The number of allylic oxidation sites excluding steroid dienone is 2. The molecule has 0 bridgehead atoms. The van der Waals surface area contributed by atoms with E-state index < -0.39 is 11.2 Å². The van der Waals surface area contributed by atoms with Gasteiger partial charge in [-0.25, -0.2) is 4.79 Å². The van der Waals surface area contributed by atoms with Crippen LogP contribution in [0.15, 0.2) is 21.7 Å². The highest BCUT2D eigenvalue weighted by atomic mass is 16.2. The zero-order valence-electron chi connectivity index (χ0n) is 15.1. The van der Waals surface area contributed by atoms with Crippen molar-refractivity contribution in [3.63, 3.8) is 0 Å². The van der Waals surface area contributed by atoms with Gasteiger partial charge >= 0.3 is 5.69 Å². The lowest BCUT2D eigenvalue weighted by Crippen LogP contribution is -2.42. The van der Waals surface area contributed by atoms with Crippen LogP contribution in [0.2, 0.25) is 0 Å². The Morgan fingerprint density at radius 2 is 2.12 bits per heavy atom. The van der Waals surface area contributed by atoms with E-state index in [1.807, 2.05) is 13.8 Å². The van der Waals surface area contributed by atoms with Crippen LogP contribution in [0.25, 0.3) is 0 Å². The number of amides is 1. The van der Waals surface area contributed by atoms with Crippen molar-refractivity contribution in [2.24, 2.45) is 5.92 Å². The topological polar surface area (TPSA) is 101 Å². The average molecular weight is 348 g/mol. The van der Waals surface area contributed by atoms with Crippen molar-refractivity contribution in [2.75, 3.05) is 17.2 Å². The van der Waals surface area contributed by atoms with Gasteiger partial charge in [-0.15, -0.1) is 0 Å². The highest BCUT2D eigenvalue weighted by Crippen LogP contribution is 2.24. The first-order valence-corrected chi connectivity index (χ1v) is 9.09. The summed E-state index contributed by atoms with van der Waals surface area (Å²) in [5.74, 6) is 0.153. The first kappa shape index (κ1) is 19.0. The molecule has 1 aromatic rings. The summed E-state index contributed by atoms with van der Waals surface area (Å²) in [6.45, 7) is 4.77. The Balaban J connectivity index is 2.39. The van der Waals surface area contributed by atoms with Gasteiger partial charge in [-0.1, -0.05) is 32.4 Å². The lowest BCUT2D eigenvalue weighted by Gasteiger charge is -2.25. The summed E-state index contributed by atoms with van der Waals surface area (Å²) < 4.78 is 1.35. The Morgan fingerprint density at radius 3 is 2.72 bits per heavy atom. The van der Waals surface area contributed by atoms with E-state index in [2.05, 4.69) is 17.1 Å². The highest BCUT2D eigenvalue weighted by molar-refractivity contribution is 5.95. The summed E-state index contributed by atoms with van der Waals surface area (Å²) in [6, 6.07) is 0. The minimum atomic E-state index is -0.598. The maximum absolute atomic E-state index is 12.8. The summed E-state index contributed by atoms with van der Waals surface area (Å²) in [6.07, 6.45) is 8.77. The molecule has 1 amide bonds. The van der Waals surface area contributed by atoms with Crippen LogP contribution < -0.4 is 21.9 Å². The quantitative estimate of drug-likeness (QED) is 0.702. The van der Waals surface area contributed by atoms with Crippen LogP contribution in [-0.2, 0) is 11.3 Å². The number of nitrogens with two attached hydrogens (primary N) is 1. The highest BCUT2D eigenvalue weighted by Gasteiger charge is 2.25. The molecular weight excluding hydrogens is 320 g/mol. The first-order chi connectivity index (χ1) is 12.0. The normalized spacial score (nSPS) is 16.3. The zero-order valence-corrected chi connectivity index (χ0v) is 15.1. The third-order valence-electron chi connectivity index (χ3n) is 4.52. The molecule has 1 atom stereocenters. The molecule has 25 heavy (non-hydrogen) atoms. The summed E-state index contributed by atoms with van der Waals surface area (Å²) >= 11 is 0. The van der Waals surface area contributed by atoms with Gasteiger partial charge in [-0.2, -0.15) is 0 Å². The van der Waals surface area contributed by atoms with Crippen molar-refractivity contribution in [1.82, 2.24) is 9.55 Å². The van der Waals surface area contributed by atoms with E-state index in [0.717, 1.165) is 25.7 Å². The van der Waals surface area contributed by atoms with Crippen molar-refractivity contribution in [1.29, 1.82) is 0 Å². The maximum atomic E-state index is 12.8. The number of hydrogen-bond acceptors (Lipinski definition) is 4. The van der Waals surface area contributed by atoms with E-state index in [4.69, 9.17) is 5.73 Å². The van der Waals surface area contributed by atoms with Crippen LogP contribution in [0.4, 0.5) is 11.5 Å². The monoisotopic (exact) mass is 348 g/mol. The maximum Gasteiger partial charge on any atom is 0.330 e. The second-order valence-electron chi connectivity index (χ2n) is 6.51. The third-order valence-corrected chi connectivity index (χ3v) is 4.52. The minimum absolute atomic E-state index is 0.0750. The number of H-pyrrole nitrogens is 1. The predicted octanol–water partition coefficient (Wildman–Crippen LogP) is 2.02. The number of carbonyl (C=O) groups is 1. The molecule has 1 heterocycles. The fourth-order valence-electron chi connectivity index (χ4n) is 3.16. The standard InChI is InChI=1S/C18H28N4O3/c1-3-5-11-22-16(19)15(17(24)20-18(22)25)21(10-4-2)14(23)12-13-8-6-7-9-13/h6,8,13H,3-5,7,9-12,19H2,1-2H3,(H,20,24,25). The molecule has 1 aliphatic rings. The fourth-order valence-corrected chi connectivity index (χ4v) is 3.16. The Kier molecular flexibility index (Phi) is 6.61. The van der Waals surface area contributed by atoms with Crippen molar-refractivity contribution in [3.8, 4) is 0 Å². The van der Waals surface area contributed by atoms with Crippen molar-refractivity contribution in [2.45, 2.75) is 58.9 Å². The summed E-state index contributed by atoms with van der Waals surface area (Å²) in [7, 11) is 0. The van der Waals surface area contributed by atoms with Gasteiger partial charge in [0.25, 0.3) is 5.56 Å². The fraction of sp³-hybridized carbons (Fsp3) is 0.611. The van der Waals surface area contributed by atoms with Crippen molar-refractivity contribution >= 4 is 17.4 Å². The molecule has 1 aliphatic carbocycles. The van der Waals surface area contributed by atoms with Gasteiger partial charge in [0.2, 0.25) is 5.91 Å². The Bertz CT molecular complexity index is 748. The van der Waals surface area contributed by atoms with Gasteiger partial charge < -0.3 is 10.6 Å². The van der Waals surface area contributed by atoms with E-state index in [-0.39, 0.29) is 23.3 Å². The predicted molar refractivity (Wildman–Crippen MR) is 99.8 cm³/mol.